The number of carbonyl (C=O) groups excluding carboxylic acids is 2. The van der Waals surface area contributed by atoms with Crippen molar-refractivity contribution in [3.8, 4) is 0 Å². The van der Waals surface area contributed by atoms with E-state index in [0.717, 1.165) is 6.42 Å². The van der Waals surface area contributed by atoms with Crippen LogP contribution >= 0.6 is 0 Å². The molecule has 0 aliphatic rings. The molecule has 1 rings (SSSR count). The second-order valence-electron chi connectivity index (χ2n) is 8.57. The van der Waals surface area contributed by atoms with E-state index in [0.29, 0.717) is 5.69 Å². The Kier molecular flexibility index (Phi) is 10.7. The quantitative estimate of drug-likeness (QED) is 0.461. The second kappa shape index (κ2) is 12.5. The normalized spacial score (nSPS) is 13.4. The van der Waals surface area contributed by atoms with Gasteiger partial charge in [-0.15, -0.1) is 0 Å². The Morgan fingerprint density at radius 3 is 2.17 bits per heavy atom. The number of hydrogen-bond acceptors (Lipinski definition) is 4. The highest BCUT2D eigenvalue weighted by Crippen LogP contribution is 2.14. The molecular formula is C23H38N2O4. The van der Waals surface area contributed by atoms with Crippen LogP contribution in [-0.4, -0.2) is 34.9 Å². The summed E-state index contributed by atoms with van der Waals surface area (Å²) in [6.07, 6.45) is 6.79. The van der Waals surface area contributed by atoms with Crippen LogP contribution in [0.4, 0.5) is 10.5 Å². The number of hydrogen-bond donors (Lipinski definition) is 3. The first kappa shape index (κ1) is 25.0. The highest BCUT2D eigenvalue weighted by molar-refractivity contribution is 5.97. The molecule has 0 spiro atoms. The van der Waals surface area contributed by atoms with Crippen molar-refractivity contribution in [1.82, 2.24) is 5.32 Å². The van der Waals surface area contributed by atoms with Gasteiger partial charge in [0.25, 0.3) is 0 Å². The second-order valence-corrected chi connectivity index (χ2v) is 8.57. The molecule has 29 heavy (non-hydrogen) atoms. The van der Waals surface area contributed by atoms with Crippen molar-refractivity contribution in [1.29, 1.82) is 0 Å². The monoisotopic (exact) mass is 406 g/mol. The first-order valence-electron chi connectivity index (χ1n) is 10.7. The minimum absolute atomic E-state index is 0.491. The summed E-state index contributed by atoms with van der Waals surface area (Å²) in [6.45, 7) is 8.87. The molecule has 0 unspecified atom stereocenters. The zero-order chi connectivity index (χ0) is 21.9. The number of rotatable bonds is 11. The van der Waals surface area contributed by atoms with Gasteiger partial charge in [-0.05, 0) is 58.2 Å². The van der Waals surface area contributed by atoms with Crippen LogP contribution in [-0.2, 0) is 16.0 Å². The lowest BCUT2D eigenvalue weighted by Crippen LogP contribution is -2.51. The largest absolute Gasteiger partial charge is 0.444 e. The maximum atomic E-state index is 12.5. The van der Waals surface area contributed by atoms with Crippen LogP contribution in [0.2, 0.25) is 0 Å². The van der Waals surface area contributed by atoms with Gasteiger partial charge in [-0.3, -0.25) is 4.79 Å². The van der Waals surface area contributed by atoms with Gasteiger partial charge in [0.2, 0.25) is 5.91 Å². The van der Waals surface area contributed by atoms with E-state index in [2.05, 4.69) is 17.6 Å². The number of aliphatic hydroxyl groups excluding tert-OH is 1. The van der Waals surface area contributed by atoms with Gasteiger partial charge in [-0.1, -0.05) is 51.2 Å². The highest BCUT2D eigenvalue weighted by Gasteiger charge is 2.28. The van der Waals surface area contributed by atoms with Crippen LogP contribution in [0.5, 0.6) is 0 Å². The molecule has 0 aromatic heterocycles. The molecule has 6 nitrogen and oxygen atoms in total. The molecule has 3 N–H and O–H groups in total. The SMILES string of the molecule is CCCCCCCCc1ccc(NC(=O)[C@H](NC(=O)OC(C)(C)C)[C@H](C)O)cc1. The van der Waals surface area contributed by atoms with Crippen molar-refractivity contribution in [3.63, 3.8) is 0 Å². The molecule has 1 aromatic carbocycles. The smallest absolute Gasteiger partial charge is 0.408 e. The molecule has 0 heterocycles. The number of benzene rings is 1. The number of ether oxygens (including phenoxy) is 1. The Balaban J connectivity index is 2.52. The fourth-order valence-electron chi connectivity index (χ4n) is 2.92. The van der Waals surface area contributed by atoms with Crippen LogP contribution < -0.4 is 10.6 Å². The third-order valence-electron chi connectivity index (χ3n) is 4.48. The standard InChI is InChI=1S/C23H38N2O4/c1-6-7-8-9-10-11-12-18-13-15-19(16-14-18)24-21(27)20(17(2)26)25-22(28)29-23(3,4)5/h13-17,20,26H,6-12H2,1-5H3,(H,24,27)(H,25,28)/t17-,20+/m0/s1. The van der Waals surface area contributed by atoms with Gasteiger partial charge in [0.15, 0.2) is 0 Å². The summed E-state index contributed by atoms with van der Waals surface area (Å²) >= 11 is 0. The lowest BCUT2D eigenvalue weighted by molar-refractivity contribution is -0.120. The van der Waals surface area contributed by atoms with Crippen molar-refractivity contribution >= 4 is 17.7 Å². The molecule has 2 atom stereocenters. The minimum atomic E-state index is -1.10. The van der Waals surface area contributed by atoms with Gasteiger partial charge in [0.1, 0.15) is 11.6 Å². The average molecular weight is 407 g/mol. The molecule has 0 aliphatic carbocycles. The maximum Gasteiger partial charge on any atom is 0.408 e. The molecular weight excluding hydrogens is 368 g/mol. The van der Waals surface area contributed by atoms with Crippen LogP contribution in [0, 0.1) is 0 Å². The summed E-state index contributed by atoms with van der Waals surface area (Å²) in [5.41, 5.74) is 1.17. The predicted octanol–water partition coefficient (Wildman–Crippen LogP) is 4.80. The fourth-order valence-corrected chi connectivity index (χ4v) is 2.92. The molecule has 0 radical (unpaired) electrons. The van der Waals surface area contributed by atoms with E-state index in [1.807, 2.05) is 24.3 Å². The topological polar surface area (TPSA) is 87.7 Å². The van der Waals surface area contributed by atoms with Crippen molar-refractivity contribution in [2.45, 2.75) is 97.3 Å². The van der Waals surface area contributed by atoms with Crippen molar-refractivity contribution in [3.05, 3.63) is 29.8 Å². The van der Waals surface area contributed by atoms with E-state index < -0.39 is 29.7 Å². The Bertz CT molecular complexity index is 621. The van der Waals surface area contributed by atoms with Crippen LogP contribution in [0.1, 0.15) is 78.7 Å². The molecule has 0 aliphatic heterocycles. The van der Waals surface area contributed by atoms with Gasteiger partial charge >= 0.3 is 6.09 Å². The Hall–Kier alpha value is -2.08. The number of amides is 2. The third-order valence-corrected chi connectivity index (χ3v) is 4.48. The van der Waals surface area contributed by atoms with E-state index in [9.17, 15) is 14.7 Å². The molecule has 164 valence electrons. The number of aliphatic hydroxyl groups is 1. The molecule has 2 amide bonds. The summed E-state index contributed by atoms with van der Waals surface area (Å²) < 4.78 is 5.16. The number of carbonyl (C=O) groups is 2. The Morgan fingerprint density at radius 2 is 1.62 bits per heavy atom. The molecule has 0 bridgehead atoms. The minimum Gasteiger partial charge on any atom is -0.444 e. The van der Waals surface area contributed by atoms with E-state index in [4.69, 9.17) is 4.74 Å². The maximum absolute atomic E-state index is 12.5. The Morgan fingerprint density at radius 1 is 1.03 bits per heavy atom. The molecule has 1 aromatic rings. The van der Waals surface area contributed by atoms with Crippen LogP contribution in [0.25, 0.3) is 0 Å². The van der Waals surface area contributed by atoms with Crippen molar-refractivity contribution in [2.75, 3.05) is 5.32 Å². The first-order chi connectivity index (χ1) is 13.6. The van der Waals surface area contributed by atoms with Gasteiger partial charge in [0, 0.05) is 5.69 Å². The van der Waals surface area contributed by atoms with Gasteiger partial charge in [0.05, 0.1) is 6.10 Å². The van der Waals surface area contributed by atoms with E-state index >= 15 is 0 Å². The molecule has 0 saturated heterocycles. The fraction of sp³-hybridized carbons (Fsp3) is 0.652. The summed E-state index contributed by atoms with van der Waals surface area (Å²) in [5.74, 6) is -0.491. The number of unbranched alkanes of at least 4 members (excludes halogenated alkanes) is 5. The number of alkyl carbamates (subject to hydrolysis) is 1. The average Bonchev–Trinajstić information content (AvgIpc) is 2.62. The predicted molar refractivity (Wildman–Crippen MR) is 117 cm³/mol. The molecule has 0 fully saturated rings. The number of anilines is 1. The Labute approximate surface area is 175 Å². The highest BCUT2D eigenvalue weighted by atomic mass is 16.6. The van der Waals surface area contributed by atoms with E-state index in [1.54, 1.807) is 20.8 Å². The lowest BCUT2D eigenvalue weighted by atomic mass is 10.0. The summed E-state index contributed by atoms with van der Waals surface area (Å²) in [5, 5.41) is 15.1. The van der Waals surface area contributed by atoms with Gasteiger partial charge in [-0.25, -0.2) is 4.79 Å². The summed E-state index contributed by atoms with van der Waals surface area (Å²) in [6, 6.07) is 6.58. The summed E-state index contributed by atoms with van der Waals surface area (Å²) in [4.78, 5) is 24.4. The zero-order valence-electron chi connectivity index (χ0n) is 18.6. The molecule has 0 saturated carbocycles. The lowest BCUT2D eigenvalue weighted by Gasteiger charge is -2.24. The van der Waals surface area contributed by atoms with Crippen molar-refractivity contribution in [2.24, 2.45) is 0 Å². The number of aryl methyl sites for hydroxylation is 1. The van der Waals surface area contributed by atoms with Crippen LogP contribution in [0.3, 0.4) is 0 Å². The third kappa shape index (κ3) is 10.9. The zero-order valence-corrected chi connectivity index (χ0v) is 18.6. The van der Waals surface area contributed by atoms with Gasteiger partial charge < -0.3 is 20.5 Å². The van der Waals surface area contributed by atoms with Gasteiger partial charge in [-0.2, -0.15) is 0 Å². The first-order valence-corrected chi connectivity index (χ1v) is 10.7. The summed E-state index contributed by atoms with van der Waals surface area (Å²) in [7, 11) is 0. The number of nitrogens with one attached hydrogen (secondary N) is 2. The van der Waals surface area contributed by atoms with E-state index in [1.165, 1.54) is 51.0 Å². The molecule has 6 heteroatoms. The van der Waals surface area contributed by atoms with Crippen molar-refractivity contribution < 1.29 is 19.4 Å². The van der Waals surface area contributed by atoms with Crippen LogP contribution in [0.15, 0.2) is 24.3 Å². The van der Waals surface area contributed by atoms with E-state index in [-0.39, 0.29) is 0 Å².